The standard InChI is InChI=1S/C24H20N4O/c1-16-13-20(6-5-18-3-4-18)14-17(2)23(16)29-22-11-12-26-24(28-22)27-21-9-7-19(15-25)8-10-21/h7-14,18H,3-4H2,1-2H3,(H,26,27,28). The van der Waals surface area contributed by atoms with Crippen molar-refractivity contribution in [2.75, 3.05) is 5.32 Å². The van der Waals surface area contributed by atoms with Crippen LogP contribution in [0.1, 0.15) is 35.1 Å². The van der Waals surface area contributed by atoms with Crippen molar-refractivity contribution in [1.82, 2.24) is 9.97 Å². The summed E-state index contributed by atoms with van der Waals surface area (Å²) in [5.74, 6) is 8.80. The van der Waals surface area contributed by atoms with Crippen molar-refractivity contribution in [1.29, 1.82) is 5.26 Å². The van der Waals surface area contributed by atoms with Crippen LogP contribution in [0.5, 0.6) is 11.6 Å². The van der Waals surface area contributed by atoms with Gasteiger partial charge in [0.25, 0.3) is 0 Å². The molecule has 0 atom stereocenters. The van der Waals surface area contributed by atoms with Crippen molar-refractivity contribution in [3.63, 3.8) is 0 Å². The molecule has 0 bridgehead atoms. The fourth-order valence-corrected chi connectivity index (χ4v) is 2.92. The van der Waals surface area contributed by atoms with Gasteiger partial charge in [0.1, 0.15) is 5.75 Å². The monoisotopic (exact) mass is 380 g/mol. The van der Waals surface area contributed by atoms with Gasteiger partial charge in [-0.05, 0) is 74.2 Å². The van der Waals surface area contributed by atoms with Crippen molar-refractivity contribution in [2.45, 2.75) is 26.7 Å². The van der Waals surface area contributed by atoms with Crippen molar-refractivity contribution in [3.05, 3.63) is 70.9 Å². The van der Waals surface area contributed by atoms with Gasteiger partial charge in [-0.25, -0.2) is 4.98 Å². The molecular weight excluding hydrogens is 360 g/mol. The maximum absolute atomic E-state index is 8.89. The fourth-order valence-electron chi connectivity index (χ4n) is 2.92. The minimum Gasteiger partial charge on any atom is -0.438 e. The van der Waals surface area contributed by atoms with Gasteiger partial charge in [0, 0.05) is 29.4 Å². The van der Waals surface area contributed by atoms with Crippen molar-refractivity contribution in [3.8, 4) is 29.5 Å². The molecule has 0 aliphatic heterocycles. The van der Waals surface area contributed by atoms with E-state index in [4.69, 9.17) is 10.00 Å². The van der Waals surface area contributed by atoms with Gasteiger partial charge in [0.15, 0.2) is 0 Å². The average molecular weight is 380 g/mol. The van der Waals surface area contributed by atoms with Crippen LogP contribution < -0.4 is 10.1 Å². The highest BCUT2D eigenvalue weighted by Gasteiger charge is 2.18. The van der Waals surface area contributed by atoms with Crippen LogP contribution in [-0.2, 0) is 0 Å². The molecule has 1 N–H and O–H groups in total. The third kappa shape index (κ3) is 4.72. The predicted octanol–water partition coefficient (Wildman–Crippen LogP) is 5.26. The molecular formula is C24H20N4O. The Morgan fingerprint density at radius 1 is 1.03 bits per heavy atom. The second-order valence-corrected chi connectivity index (χ2v) is 7.12. The van der Waals surface area contributed by atoms with Crippen LogP contribution in [-0.4, -0.2) is 9.97 Å². The quantitative estimate of drug-likeness (QED) is 0.625. The number of rotatable bonds is 4. The first kappa shape index (κ1) is 18.5. The third-order valence-electron chi connectivity index (χ3n) is 4.57. The molecule has 5 heteroatoms. The Kier molecular flexibility index (Phi) is 5.14. The molecule has 1 aliphatic rings. The maximum Gasteiger partial charge on any atom is 0.230 e. The molecule has 0 saturated heterocycles. The van der Waals surface area contributed by atoms with Crippen LogP contribution in [0.4, 0.5) is 11.6 Å². The summed E-state index contributed by atoms with van der Waals surface area (Å²) >= 11 is 0. The van der Waals surface area contributed by atoms with Crippen LogP contribution in [0, 0.1) is 42.9 Å². The molecule has 3 aromatic rings. The van der Waals surface area contributed by atoms with Gasteiger partial charge in [-0.15, -0.1) is 0 Å². The van der Waals surface area contributed by atoms with E-state index in [1.165, 1.54) is 12.8 Å². The van der Waals surface area contributed by atoms with E-state index in [-0.39, 0.29) is 0 Å². The van der Waals surface area contributed by atoms with E-state index in [9.17, 15) is 0 Å². The summed E-state index contributed by atoms with van der Waals surface area (Å²) in [4.78, 5) is 8.68. The van der Waals surface area contributed by atoms with Crippen LogP contribution in [0.3, 0.4) is 0 Å². The third-order valence-corrected chi connectivity index (χ3v) is 4.57. The van der Waals surface area contributed by atoms with E-state index in [0.717, 1.165) is 28.1 Å². The van der Waals surface area contributed by atoms with Crippen molar-refractivity contribution < 1.29 is 4.74 Å². The van der Waals surface area contributed by atoms with Gasteiger partial charge in [-0.1, -0.05) is 11.8 Å². The molecule has 0 unspecified atom stereocenters. The Morgan fingerprint density at radius 3 is 2.41 bits per heavy atom. The van der Waals surface area contributed by atoms with Crippen LogP contribution in [0.25, 0.3) is 0 Å². The van der Waals surface area contributed by atoms with E-state index < -0.39 is 0 Å². The molecule has 1 aliphatic carbocycles. The highest BCUT2D eigenvalue weighted by atomic mass is 16.5. The number of aryl methyl sites for hydroxylation is 2. The van der Waals surface area contributed by atoms with Crippen LogP contribution >= 0.6 is 0 Å². The molecule has 1 fully saturated rings. The SMILES string of the molecule is Cc1cc(C#CC2CC2)cc(C)c1Oc1ccnc(Nc2ccc(C#N)cc2)n1. The summed E-state index contributed by atoms with van der Waals surface area (Å²) in [6, 6.07) is 15.0. The number of hydrogen-bond donors (Lipinski definition) is 1. The Labute approximate surface area is 170 Å². The smallest absolute Gasteiger partial charge is 0.230 e. The highest BCUT2D eigenvalue weighted by molar-refractivity contribution is 5.55. The van der Waals surface area contributed by atoms with Gasteiger partial charge >= 0.3 is 0 Å². The lowest BCUT2D eigenvalue weighted by atomic mass is 10.1. The van der Waals surface area contributed by atoms with E-state index in [2.05, 4.69) is 45.3 Å². The Morgan fingerprint density at radius 2 is 1.76 bits per heavy atom. The second-order valence-electron chi connectivity index (χ2n) is 7.12. The minimum atomic E-state index is 0.425. The first-order chi connectivity index (χ1) is 14.1. The van der Waals surface area contributed by atoms with Crippen molar-refractivity contribution >= 4 is 11.6 Å². The lowest BCUT2D eigenvalue weighted by molar-refractivity contribution is 0.455. The van der Waals surface area contributed by atoms with E-state index >= 15 is 0 Å². The molecule has 1 aromatic heterocycles. The Balaban J connectivity index is 1.51. The van der Waals surface area contributed by atoms with Gasteiger partial charge in [0.05, 0.1) is 11.6 Å². The molecule has 4 rings (SSSR count). The lowest BCUT2D eigenvalue weighted by Crippen LogP contribution is -1.99. The number of hydrogen-bond acceptors (Lipinski definition) is 5. The van der Waals surface area contributed by atoms with Gasteiger partial charge in [0.2, 0.25) is 11.8 Å². The predicted molar refractivity (Wildman–Crippen MR) is 112 cm³/mol. The lowest BCUT2D eigenvalue weighted by Gasteiger charge is -2.12. The molecule has 1 heterocycles. The number of benzene rings is 2. The molecule has 5 nitrogen and oxygen atoms in total. The highest BCUT2D eigenvalue weighted by Crippen LogP contribution is 2.30. The number of aromatic nitrogens is 2. The second kappa shape index (κ2) is 8.04. The van der Waals surface area contributed by atoms with Crippen LogP contribution in [0.2, 0.25) is 0 Å². The summed E-state index contributed by atoms with van der Waals surface area (Å²) in [5, 5.41) is 12.0. The zero-order valence-corrected chi connectivity index (χ0v) is 16.4. The van der Waals surface area contributed by atoms with Crippen molar-refractivity contribution in [2.24, 2.45) is 5.92 Å². The minimum absolute atomic E-state index is 0.425. The summed E-state index contributed by atoms with van der Waals surface area (Å²) in [7, 11) is 0. The van der Waals surface area contributed by atoms with Gasteiger partial charge in [-0.2, -0.15) is 10.2 Å². The molecule has 2 aromatic carbocycles. The summed E-state index contributed by atoms with van der Waals surface area (Å²) in [6.45, 7) is 4.03. The van der Waals surface area contributed by atoms with Gasteiger partial charge < -0.3 is 10.1 Å². The fraction of sp³-hybridized carbons (Fsp3) is 0.208. The number of nitriles is 1. The van der Waals surface area contributed by atoms with E-state index in [0.29, 0.717) is 23.3 Å². The average Bonchev–Trinajstić information content (AvgIpc) is 3.55. The first-order valence-corrected chi connectivity index (χ1v) is 9.51. The topological polar surface area (TPSA) is 70.8 Å². The zero-order valence-electron chi connectivity index (χ0n) is 16.4. The van der Waals surface area contributed by atoms with E-state index in [1.54, 1.807) is 24.4 Å². The first-order valence-electron chi connectivity index (χ1n) is 9.51. The molecule has 0 spiro atoms. The Bertz CT molecular complexity index is 1120. The van der Waals surface area contributed by atoms with Crippen LogP contribution in [0.15, 0.2) is 48.7 Å². The summed E-state index contributed by atoms with van der Waals surface area (Å²) < 4.78 is 6.07. The molecule has 0 radical (unpaired) electrons. The molecule has 29 heavy (non-hydrogen) atoms. The maximum atomic E-state index is 8.89. The summed E-state index contributed by atoms with van der Waals surface area (Å²) in [5.41, 5.74) is 4.46. The number of anilines is 2. The number of nitrogens with one attached hydrogen (secondary N) is 1. The molecule has 0 amide bonds. The zero-order chi connectivity index (χ0) is 20.2. The summed E-state index contributed by atoms with van der Waals surface area (Å²) in [6.07, 6.45) is 4.09. The Hall–Kier alpha value is -3.83. The number of nitrogens with zero attached hydrogens (tertiary/aromatic N) is 3. The normalized spacial score (nSPS) is 12.4. The number of ether oxygens (including phenoxy) is 1. The molecule has 1 saturated carbocycles. The van der Waals surface area contributed by atoms with E-state index in [1.807, 2.05) is 26.0 Å². The molecule has 142 valence electrons. The largest absolute Gasteiger partial charge is 0.438 e. The van der Waals surface area contributed by atoms with Gasteiger partial charge in [-0.3, -0.25) is 0 Å².